The van der Waals surface area contributed by atoms with E-state index in [0.29, 0.717) is 3.91 Å². The number of thioether (sulfide) groups is 9. The summed E-state index contributed by atoms with van der Waals surface area (Å²) in [7, 11) is 0.217. The first-order valence-corrected chi connectivity index (χ1v) is 31.2. The molecule has 0 bridgehead atoms. The van der Waals surface area contributed by atoms with Crippen LogP contribution >= 0.6 is 205 Å². The van der Waals surface area contributed by atoms with E-state index < -0.39 is 0 Å². The largest absolute Gasteiger partial charge is 0.179 e. The number of hydrogen-bond acceptors (Lipinski definition) is 16. The average molecular weight is 957 g/mol. The zero-order valence-corrected chi connectivity index (χ0v) is 42.6. The van der Waals surface area contributed by atoms with Crippen molar-refractivity contribution in [3.8, 4) is 0 Å². The second-order valence-electron chi connectivity index (χ2n) is 7.09. The van der Waals surface area contributed by atoms with Crippen LogP contribution < -0.4 is 0 Å². The fraction of sp³-hybridized carbons (Fsp3) is 0.964. The van der Waals surface area contributed by atoms with Crippen LogP contribution in [0.3, 0.4) is 0 Å². The Bertz CT molecular complexity index is 357. The molecule has 0 amide bonds. The smallest absolute Gasteiger partial charge is 0.0870 e. The van der Waals surface area contributed by atoms with Crippen LogP contribution in [-0.2, 0) is 0 Å². The minimum absolute atomic E-state index is 0. The van der Waals surface area contributed by atoms with E-state index in [2.05, 4.69) is 151 Å². The molecule has 0 spiro atoms. The SMILES string of the molecule is C.C=S(C)C(S)SC.CSCC(CS)SC.CSCC(CS)SC.CSCCS.CSCCS.CSCCS.CSCCS.[13CH4]. The molecule has 0 aromatic rings. The molecule has 0 aliphatic heterocycles. The Morgan fingerprint density at radius 3 is 0.756 bits per heavy atom. The Morgan fingerprint density at radius 2 is 0.733 bits per heavy atom. The molecule has 0 aromatic carbocycles. The van der Waals surface area contributed by atoms with Gasteiger partial charge in [-0.15, -0.1) is 11.8 Å². The normalized spacial score (nSPS) is 11.6. The summed E-state index contributed by atoms with van der Waals surface area (Å²) < 4.78 is 0.431. The van der Waals surface area contributed by atoms with Crippen molar-refractivity contribution in [3.05, 3.63) is 0 Å². The number of rotatable bonds is 18. The summed E-state index contributed by atoms with van der Waals surface area (Å²) in [5.74, 6) is 17.0. The summed E-state index contributed by atoms with van der Waals surface area (Å²) in [5.41, 5.74) is 0. The molecule has 0 saturated heterocycles. The van der Waals surface area contributed by atoms with E-state index in [4.69, 9.17) is 0 Å². The van der Waals surface area contributed by atoms with Crippen LogP contribution in [0.25, 0.3) is 0 Å². The predicted molar refractivity (Wildman–Crippen MR) is 288 cm³/mol. The van der Waals surface area contributed by atoms with Crippen molar-refractivity contribution in [1.29, 1.82) is 0 Å². The van der Waals surface area contributed by atoms with E-state index in [1.807, 2.05) is 100 Å². The highest BCUT2D eigenvalue weighted by molar-refractivity contribution is 8.33. The van der Waals surface area contributed by atoms with Crippen molar-refractivity contribution >= 4 is 211 Å². The number of thiol groups is 7. The minimum atomic E-state index is 0. The summed E-state index contributed by atoms with van der Waals surface area (Å²) in [6.07, 6.45) is 21.0. The predicted octanol–water partition coefficient (Wildman–Crippen LogP) is 12.3. The molecular formula is C28H74S17. The molecule has 0 aliphatic rings. The Morgan fingerprint density at radius 1 is 0.489 bits per heavy atom. The lowest BCUT2D eigenvalue weighted by Gasteiger charge is -2.06. The molecule has 0 radical (unpaired) electrons. The highest BCUT2D eigenvalue weighted by Crippen LogP contribution is 2.26. The van der Waals surface area contributed by atoms with Gasteiger partial charge in [0, 0.05) is 56.5 Å². The quantitative estimate of drug-likeness (QED) is 0.0308. The van der Waals surface area contributed by atoms with Crippen LogP contribution in [-0.4, -0.2) is 152 Å². The van der Waals surface area contributed by atoms with Crippen molar-refractivity contribution in [2.75, 3.05) is 132 Å². The first-order chi connectivity index (χ1) is 20.5. The second-order valence-corrected chi connectivity index (χ2v) is 22.0. The van der Waals surface area contributed by atoms with Crippen LogP contribution in [0.4, 0.5) is 0 Å². The minimum Gasteiger partial charge on any atom is -0.179 e. The molecule has 17 heteroatoms. The molecule has 0 rings (SSSR count). The maximum absolute atomic E-state index is 4.24. The van der Waals surface area contributed by atoms with Crippen molar-refractivity contribution in [3.63, 3.8) is 0 Å². The lowest BCUT2D eigenvalue weighted by atomic mass is 10.5. The van der Waals surface area contributed by atoms with E-state index in [1.165, 1.54) is 34.5 Å². The zero-order valence-electron chi connectivity index (χ0n) is 28.1. The van der Waals surface area contributed by atoms with Crippen LogP contribution in [0, 0.1) is 0 Å². The van der Waals surface area contributed by atoms with Gasteiger partial charge in [0.15, 0.2) is 0 Å². The highest BCUT2D eigenvalue weighted by atomic mass is 32.3. The molecule has 0 saturated carbocycles. The highest BCUT2D eigenvalue weighted by Gasteiger charge is 2.01. The van der Waals surface area contributed by atoms with Gasteiger partial charge in [-0.3, -0.25) is 0 Å². The summed E-state index contributed by atoms with van der Waals surface area (Å²) >= 11 is 45.2. The standard InChI is InChI=1S/2C5H12S3.C4H10S3.4C3H8S2.2CH4/c2*1-7-4-5(3-6)8-2;1-6-4(5)7(2)3;4*1-5-3-2-4;;/h2*5-6H,3-4H2,1-2H3;4-5H,2H2,1,3H3;4*4H,2-3H2,1H3;2*1H4/i;;;;;;;1+1;. The zero-order chi connectivity index (χ0) is 35.2. The van der Waals surface area contributed by atoms with Crippen molar-refractivity contribution < 1.29 is 0 Å². The lowest BCUT2D eigenvalue weighted by Crippen LogP contribution is -2.06. The second kappa shape index (κ2) is 78.8. The van der Waals surface area contributed by atoms with Gasteiger partial charge in [0.25, 0.3) is 0 Å². The molecule has 4 atom stereocenters. The Hall–Kier alpha value is 5.82. The maximum atomic E-state index is 4.24. The molecule has 0 heterocycles. The van der Waals surface area contributed by atoms with Crippen molar-refractivity contribution in [2.45, 2.75) is 29.3 Å². The van der Waals surface area contributed by atoms with E-state index in [-0.39, 0.29) is 25.3 Å². The van der Waals surface area contributed by atoms with Gasteiger partial charge in [-0.2, -0.15) is 193 Å². The van der Waals surface area contributed by atoms with Crippen LogP contribution in [0.2, 0.25) is 0 Å². The maximum Gasteiger partial charge on any atom is 0.0870 e. The third-order valence-corrected chi connectivity index (χ3v) is 17.7. The lowest BCUT2D eigenvalue weighted by molar-refractivity contribution is 1.16. The van der Waals surface area contributed by atoms with Gasteiger partial charge >= 0.3 is 0 Å². The van der Waals surface area contributed by atoms with Crippen molar-refractivity contribution in [1.82, 2.24) is 0 Å². The van der Waals surface area contributed by atoms with Crippen LogP contribution in [0.1, 0.15) is 14.9 Å². The number of hydrogen-bond donors (Lipinski definition) is 7. The topological polar surface area (TPSA) is 0 Å². The van der Waals surface area contributed by atoms with E-state index >= 15 is 0 Å². The Kier molecular flexibility index (Phi) is 126. The van der Waals surface area contributed by atoms with E-state index in [9.17, 15) is 0 Å². The van der Waals surface area contributed by atoms with Gasteiger partial charge in [0.05, 0.1) is 3.91 Å². The van der Waals surface area contributed by atoms with Gasteiger partial charge in [-0.05, 0) is 85.6 Å². The first-order valence-electron chi connectivity index (χ1n) is 12.8. The summed E-state index contributed by atoms with van der Waals surface area (Å²) in [6, 6.07) is 0. The molecule has 4 unspecified atom stereocenters. The molecular weight excluding hydrogens is 882 g/mol. The fourth-order valence-corrected chi connectivity index (χ4v) is 10.2. The van der Waals surface area contributed by atoms with Gasteiger partial charge in [0.1, 0.15) is 0 Å². The van der Waals surface area contributed by atoms with Gasteiger partial charge in [-0.1, -0.05) is 20.7 Å². The Balaban J connectivity index is -0.0000000482. The van der Waals surface area contributed by atoms with E-state index in [0.717, 1.165) is 45.0 Å². The van der Waals surface area contributed by atoms with Gasteiger partial charge < -0.3 is 0 Å². The van der Waals surface area contributed by atoms with Gasteiger partial charge in [0.2, 0.25) is 0 Å². The van der Waals surface area contributed by atoms with Crippen LogP contribution in [0.15, 0.2) is 0 Å². The third-order valence-electron chi connectivity index (χ3n) is 3.51. The summed E-state index contributed by atoms with van der Waals surface area (Å²) in [5, 5.41) is 1.49. The molecule has 288 valence electrons. The Labute approximate surface area is 366 Å². The van der Waals surface area contributed by atoms with Crippen LogP contribution in [0.5, 0.6) is 0 Å². The first kappa shape index (κ1) is 72.1. The monoisotopic (exact) mass is 955 g/mol. The molecule has 0 fully saturated rings. The molecule has 0 aliphatic carbocycles. The molecule has 0 aromatic heterocycles. The molecule has 0 N–H and O–H groups in total. The molecule has 45 heavy (non-hydrogen) atoms. The summed E-state index contributed by atoms with van der Waals surface area (Å²) in [4.78, 5) is 0. The molecule has 0 nitrogen and oxygen atoms in total. The summed E-state index contributed by atoms with van der Waals surface area (Å²) in [6.45, 7) is 0. The van der Waals surface area contributed by atoms with Gasteiger partial charge in [-0.25, -0.2) is 0 Å². The van der Waals surface area contributed by atoms with Crippen molar-refractivity contribution in [2.24, 2.45) is 0 Å². The van der Waals surface area contributed by atoms with E-state index in [1.54, 1.807) is 11.8 Å². The fourth-order valence-electron chi connectivity index (χ4n) is 1.29. The average Bonchev–Trinajstić information content (AvgIpc) is 3.01. The third kappa shape index (κ3) is 99.6.